The second-order valence-corrected chi connectivity index (χ2v) is 6.89. The number of urea groups is 1. The molecule has 0 unspecified atom stereocenters. The van der Waals surface area contributed by atoms with Gasteiger partial charge in [0.05, 0.1) is 26.7 Å². The lowest BCUT2D eigenvalue weighted by Crippen LogP contribution is -3.11. The Hall–Kier alpha value is -2.53. The Morgan fingerprint density at radius 1 is 1.08 bits per heavy atom. The fraction of sp³-hybridized carbons (Fsp3) is 0.381. The number of amides is 2. The highest BCUT2D eigenvalue weighted by Gasteiger charge is 2.27. The van der Waals surface area contributed by atoms with Crippen LogP contribution in [-0.2, 0) is 0 Å². The van der Waals surface area contributed by atoms with Gasteiger partial charge in [-0.15, -0.1) is 0 Å². The molecule has 1 aliphatic rings. The van der Waals surface area contributed by atoms with Gasteiger partial charge in [0, 0.05) is 24.1 Å². The Labute approximate surface area is 155 Å². The third-order valence-electron chi connectivity index (χ3n) is 5.03. The van der Waals surface area contributed by atoms with E-state index >= 15 is 0 Å². The summed E-state index contributed by atoms with van der Waals surface area (Å²) in [6.45, 7) is 4.94. The molecule has 0 bridgehead atoms. The number of anilines is 1. The maximum atomic E-state index is 12.3. The van der Waals surface area contributed by atoms with Crippen molar-refractivity contribution in [3.63, 3.8) is 0 Å². The molecule has 3 rings (SSSR count). The van der Waals surface area contributed by atoms with E-state index in [0.29, 0.717) is 6.54 Å². The van der Waals surface area contributed by atoms with Crippen LogP contribution in [0.2, 0.25) is 0 Å². The molecule has 1 heterocycles. The van der Waals surface area contributed by atoms with E-state index in [1.807, 2.05) is 43.3 Å². The third kappa shape index (κ3) is 4.76. The number of carbonyl (C=O) groups excluding carboxylic acids is 1. The fourth-order valence-electron chi connectivity index (χ4n) is 3.52. The molecule has 0 aliphatic carbocycles. The van der Waals surface area contributed by atoms with Crippen LogP contribution < -0.4 is 20.3 Å². The van der Waals surface area contributed by atoms with Crippen LogP contribution in [0.5, 0.6) is 5.75 Å². The third-order valence-corrected chi connectivity index (χ3v) is 5.03. The van der Waals surface area contributed by atoms with Gasteiger partial charge in [-0.3, -0.25) is 0 Å². The molecule has 3 N–H and O–H groups in total. The summed E-state index contributed by atoms with van der Waals surface area (Å²) in [6, 6.07) is 16.1. The Balaban J connectivity index is 1.63. The van der Waals surface area contributed by atoms with Crippen LogP contribution in [0.4, 0.5) is 10.5 Å². The van der Waals surface area contributed by atoms with Crippen LogP contribution in [0.3, 0.4) is 0 Å². The van der Waals surface area contributed by atoms with Gasteiger partial charge in [-0.1, -0.05) is 17.7 Å². The van der Waals surface area contributed by atoms with Crippen LogP contribution in [0, 0.1) is 6.92 Å². The predicted octanol–water partition coefficient (Wildman–Crippen LogP) is 2.55. The molecule has 2 aromatic rings. The molecule has 1 aliphatic heterocycles. The summed E-state index contributed by atoms with van der Waals surface area (Å²) in [4.78, 5) is 13.8. The number of likely N-dealkylation sites (tertiary alicyclic amines) is 1. The number of carbonyl (C=O) groups is 1. The molecular weight excluding hydrogens is 326 g/mol. The molecular formula is C21H28N3O2+. The van der Waals surface area contributed by atoms with Gasteiger partial charge in [-0.05, 0) is 43.3 Å². The second kappa shape index (κ2) is 8.72. The minimum atomic E-state index is -0.161. The molecule has 1 fully saturated rings. The van der Waals surface area contributed by atoms with Crippen LogP contribution in [0.1, 0.15) is 30.0 Å². The molecule has 2 aromatic carbocycles. The lowest BCUT2D eigenvalue weighted by Gasteiger charge is -2.25. The van der Waals surface area contributed by atoms with E-state index in [4.69, 9.17) is 4.74 Å². The van der Waals surface area contributed by atoms with Gasteiger partial charge in [0.1, 0.15) is 11.8 Å². The van der Waals surface area contributed by atoms with Crippen LogP contribution in [0.15, 0.2) is 48.5 Å². The van der Waals surface area contributed by atoms with E-state index in [2.05, 4.69) is 22.8 Å². The van der Waals surface area contributed by atoms with Crippen LogP contribution >= 0.6 is 0 Å². The summed E-state index contributed by atoms with van der Waals surface area (Å²) >= 11 is 0. The highest BCUT2D eigenvalue weighted by atomic mass is 16.5. The highest BCUT2D eigenvalue weighted by molar-refractivity contribution is 5.89. The number of hydrogen-bond acceptors (Lipinski definition) is 2. The normalized spacial score (nSPS) is 15.5. The van der Waals surface area contributed by atoms with Crippen molar-refractivity contribution >= 4 is 11.7 Å². The monoisotopic (exact) mass is 354 g/mol. The summed E-state index contributed by atoms with van der Waals surface area (Å²) in [6.07, 6.45) is 2.50. The zero-order valence-corrected chi connectivity index (χ0v) is 15.5. The minimum Gasteiger partial charge on any atom is -0.497 e. The molecule has 0 spiro atoms. The van der Waals surface area contributed by atoms with Crippen molar-refractivity contribution in [3.8, 4) is 5.75 Å². The Kier molecular flexibility index (Phi) is 6.12. The second-order valence-electron chi connectivity index (χ2n) is 6.89. The van der Waals surface area contributed by atoms with Crippen molar-refractivity contribution in [2.45, 2.75) is 25.8 Å². The van der Waals surface area contributed by atoms with Gasteiger partial charge in [0.25, 0.3) is 0 Å². The molecule has 0 saturated carbocycles. The van der Waals surface area contributed by atoms with E-state index in [1.165, 1.54) is 28.9 Å². The fourth-order valence-corrected chi connectivity index (χ4v) is 3.52. The van der Waals surface area contributed by atoms with E-state index in [-0.39, 0.29) is 12.1 Å². The van der Waals surface area contributed by atoms with Crippen molar-refractivity contribution in [2.24, 2.45) is 0 Å². The van der Waals surface area contributed by atoms with Crippen molar-refractivity contribution < 1.29 is 14.4 Å². The van der Waals surface area contributed by atoms with Gasteiger partial charge < -0.3 is 20.3 Å². The maximum absolute atomic E-state index is 12.3. The molecule has 138 valence electrons. The minimum absolute atomic E-state index is 0.161. The molecule has 26 heavy (non-hydrogen) atoms. The Morgan fingerprint density at radius 3 is 2.35 bits per heavy atom. The maximum Gasteiger partial charge on any atom is 0.319 e. The van der Waals surface area contributed by atoms with E-state index in [9.17, 15) is 4.79 Å². The molecule has 0 aromatic heterocycles. The summed E-state index contributed by atoms with van der Waals surface area (Å²) < 4.78 is 5.26. The largest absolute Gasteiger partial charge is 0.497 e. The molecule has 0 radical (unpaired) electrons. The van der Waals surface area contributed by atoms with Crippen molar-refractivity contribution in [2.75, 3.05) is 32.1 Å². The Bertz CT molecular complexity index is 707. The van der Waals surface area contributed by atoms with Crippen molar-refractivity contribution in [1.82, 2.24) is 5.32 Å². The molecule has 5 nitrogen and oxygen atoms in total. The van der Waals surface area contributed by atoms with E-state index in [1.54, 1.807) is 7.11 Å². The number of quaternary nitrogens is 1. The van der Waals surface area contributed by atoms with Gasteiger partial charge in [0.15, 0.2) is 0 Å². The zero-order valence-electron chi connectivity index (χ0n) is 15.5. The van der Waals surface area contributed by atoms with Gasteiger partial charge in [-0.2, -0.15) is 0 Å². The average Bonchev–Trinajstić information content (AvgIpc) is 3.19. The Morgan fingerprint density at radius 2 is 1.73 bits per heavy atom. The lowest BCUT2D eigenvalue weighted by atomic mass is 10.1. The summed E-state index contributed by atoms with van der Waals surface area (Å²) in [7, 11) is 1.68. The van der Waals surface area contributed by atoms with Gasteiger partial charge in [0.2, 0.25) is 0 Å². The lowest BCUT2D eigenvalue weighted by molar-refractivity contribution is -0.918. The number of ether oxygens (including phenoxy) is 1. The number of benzene rings is 2. The first-order valence-electron chi connectivity index (χ1n) is 9.26. The summed E-state index contributed by atoms with van der Waals surface area (Å²) in [5.74, 6) is 0.856. The zero-order chi connectivity index (χ0) is 18.4. The number of nitrogens with one attached hydrogen (secondary N) is 3. The molecule has 5 heteroatoms. The number of methoxy groups -OCH3 is 1. The molecule has 1 atom stereocenters. The highest BCUT2D eigenvalue weighted by Crippen LogP contribution is 2.16. The van der Waals surface area contributed by atoms with Crippen molar-refractivity contribution in [3.05, 3.63) is 59.7 Å². The van der Waals surface area contributed by atoms with Gasteiger partial charge >= 0.3 is 6.03 Å². The SMILES string of the molecule is COc1ccc([C@H](CNC(=O)Nc2ccc(C)cc2)[NH+]2CCCC2)cc1. The smallest absolute Gasteiger partial charge is 0.319 e. The molecule has 2 amide bonds. The van der Waals surface area contributed by atoms with Gasteiger partial charge in [-0.25, -0.2) is 4.79 Å². The van der Waals surface area contributed by atoms with Crippen LogP contribution in [-0.4, -0.2) is 32.8 Å². The quantitative estimate of drug-likeness (QED) is 0.747. The number of rotatable bonds is 6. The first-order chi connectivity index (χ1) is 12.7. The standard InChI is InChI=1S/C21H27N3O2/c1-16-5-9-18(10-6-16)23-21(25)22-15-20(24-13-3-4-14-24)17-7-11-19(26-2)12-8-17/h5-12,20H,3-4,13-15H2,1-2H3,(H2,22,23,25)/p+1/t20-/m0/s1. The van der Waals surface area contributed by atoms with E-state index in [0.717, 1.165) is 24.5 Å². The number of hydrogen-bond donors (Lipinski definition) is 3. The number of aryl methyl sites for hydroxylation is 1. The topological polar surface area (TPSA) is 54.8 Å². The summed E-state index contributed by atoms with van der Waals surface area (Å²) in [5, 5.41) is 5.95. The first kappa shape index (κ1) is 18.3. The predicted molar refractivity (Wildman–Crippen MR) is 104 cm³/mol. The van der Waals surface area contributed by atoms with E-state index < -0.39 is 0 Å². The van der Waals surface area contributed by atoms with Crippen LogP contribution in [0.25, 0.3) is 0 Å². The molecule has 1 saturated heterocycles. The summed E-state index contributed by atoms with van der Waals surface area (Å²) in [5.41, 5.74) is 3.22. The van der Waals surface area contributed by atoms with Crippen molar-refractivity contribution in [1.29, 1.82) is 0 Å². The average molecular weight is 354 g/mol. The first-order valence-corrected chi connectivity index (χ1v) is 9.26.